The summed E-state index contributed by atoms with van der Waals surface area (Å²) in [5.41, 5.74) is 1.90. The maximum absolute atomic E-state index is 13.5. The van der Waals surface area contributed by atoms with Crippen molar-refractivity contribution in [1.82, 2.24) is 30.7 Å². The van der Waals surface area contributed by atoms with Crippen molar-refractivity contribution in [2.45, 2.75) is 44.2 Å². The van der Waals surface area contributed by atoms with Gasteiger partial charge >= 0.3 is 0 Å². The first kappa shape index (κ1) is 27.2. The maximum atomic E-state index is 13.5. The van der Waals surface area contributed by atoms with Gasteiger partial charge in [-0.05, 0) is 30.2 Å². The number of aromatic nitrogens is 1. The Bertz CT molecular complexity index is 1130. The lowest BCUT2D eigenvalue weighted by Gasteiger charge is -2.38. The third kappa shape index (κ3) is 7.36. The van der Waals surface area contributed by atoms with E-state index in [2.05, 4.69) is 25.8 Å². The Morgan fingerprint density at radius 2 is 1.68 bits per heavy atom. The Hall–Kier alpha value is -3.83. The van der Waals surface area contributed by atoms with Gasteiger partial charge in [0, 0.05) is 52.0 Å². The van der Waals surface area contributed by atoms with Crippen LogP contribution in [0.5, 0.6) is 0 Å². The predicted octanol–water partition coefficient (Wildman–Crippen LogP) is -0.529. The van der Waals surface area contributed by atoms with Gasteiger partial charge in [0.05, 0.1) is 12.6 Å². The van der Waals surface area contributed by atoms with Crippen LogP contribution in [0.3, 0.4) is 0 Å². The summed E-state index contributed by atoms with van der Waals surface area (Å²) in [5.74, 6) is -1.68. The molecular weight excluding hydrogens is 488 g/mol. The van der Waals surface area contributed by atoms with E-state index in [-0.39, 0.29) is 25.4 Å². The Kier molecular flexibility index (Phi) is 9.03. The molecule has 0 aliphatic carbocycles. The normalized spacial score (nSPS) is 26.0. The fourth-order valence-electron chi connectivity index (χ4n) is 4.64. The van der Waals surface area contributed by atoms with Crippen LogP contribution in [0.4, 0.5) is 0 Å². The number of likely N-dealkylation sites (N-methyl/N-ethyl adjacent to an activating group) is 1. The second-order valence-corrected chi connectivity index (χ2v) is 9.78. The molecule has 3 heterocycles. The highest BCUT2D eigenvalue weighted by Gasteiger charge is 2.36. The number of carbonyl (C=O) groups excluding carboxylic acids is 4. The molecule has 0 unspecified atom stereocenters. The van der Waals surface area contributed by atoms with Crippen LogP contribution < -0.4 is 16.0 Å². The minimum absolute atomic E-state index is 0.169. The van der Waals surface area contributed by atoms with E-state index in [4.69, 9.17) is 4.74 Å². The van der Waals surface area contributed by atoms with Crippen LogP contribution in [-0.2, 0) is 36.9 Å². The standard InChI is InChI=1S/C27H34N6O5/c1-18-25(35)29-13-21-15-33(14-20-8-10-28-11-9-20)16-23(38-21)26(36)31-22(12-19-6-4-3-5-7-19)27(37)32(2)17-24(34)30-18/h3-11,18,21-23H,12-17H2,1-2H3,(H,29,35)(H,30,34)(H,31,36)/t18-,21+,22-,23-/m1/s1. The van der Waals surface area contributed by atoms with E-state index in [1.54, 1.807) is 19.3 Å². The smallest absolute Gasteiger partial charge is 0.251 e. The van der Waals surface area contributed by atoms with Gasteiger partial charge < -0.3 is 25.6 Å². The number of morpholine rings is 1. The lowest BCUT2D eigenvalue weighted by molar-refractivity contribution is -0.150. The molecule has 3 N–H and O–H groups in total. The number of ether oxygens (including phenoxy) is 1. The number of nitrogens with one attached hydrogen (secondary N) is 3. The Labute approximate surface area is 221 Å². The monoisotopic (exact) mass is 522 g/mol. The molecule has 0 saturated carbocycles. The molecule has 1 aromatic carbocycles. The number of amides is 4. The number of fused-ring (bicyclic) bond motifs is 2. The van der Waals surface area contributed by atoms with Gasteiger partial charge in [-0.25, -0.2) is 0 Å². The number of hydrogen-bond acceptors (Lipinski definition) is 7. The van der Waals surface area contributed by atoms with E-state index in [9.17, 15) is 19.2 Å². The molecule has 0 radical (unpaired) electrons. The van der Waals surface area contributed by atoms with Crippen LogP contribution in [-0.4, -0.2) is 95.9 Å². The maximum Gasteiger partial charge on any atom is 0.251 e. The van der Waals surface area contributed by atoms with Gasteiger partial charge in [-0.1, -0.05) is 30.3 Å². The fourth-order valence-corrected chi connectivity index (χ4v) is 4.64. The minimum atomic E-state index is -0.900. The molecule has 4 atom stereocenters. The zero-order valence-corrected chi connectivity index (χ0v) is 21.6. The highest BCUT2D eigenvalue weighted by atomic mass is 16.5. The zero-order chi connectivity index (χ0) is 27.1. The molecule has 2 bridgehead atoms. The molecule has 4 amide bonds. The summed E-state index contributed by atoms with van der Waals surface area (Å²) < 4.78 is 6.12. The van der Waals surface area contributed by atoms with E-state index >= 15 is 0 Å². The number of nitrogens with zero attached hydrogens (tertiary/aromatic N) is 3. The van der Waals surface area contributed by atoms with Gasteiger partial charge in [0.2, 0.25) is 17.7 Å². The molecular formula is C27H34N6O5. The van der Waals surface area contributed by atoms with Crippen molar-refractivity contribution in [3.05, 3.63) is 66.0 Å². The van der Waals surface area contributed by atoms with Crippen LogP contribution in [0.15, 0.2) is 54.9 Å². The SMILES string of the molecule is C[C@H]1NC(=O)CN(C)C(=O)[C@@H](Cc2ccccc2)NC(=O)[C@H]2CN(Cc3ccncc3)C[C@H](CNC1=O)O2. The van der Waals surface area contributed by atoms with Crippen LogP contribution >= 0.6 is 0 Å². The first-order valence-corrected chi connectivity index (χ1v) is 12.7. The third-order valence-corrected chi connectivity index (χ3v) is 6.62. The second kappa shape index (κ2) is 12.6. The first-order chi connectivity index (χ1) is 18.3. The lowest BCUT2D eigenvalue weighted by atomic mass is 10.0. The van der Waals surface area contributed by atoms with E-state index in [0.717, 1.165) is 11.1 Å². The van der Waals surface area contributed by atoms with Gasteiger partial charge in [-0.15, -0.1) is 0 Å². The number of pyridine rings is 1. The number of rotatable bonds is 4. The molecule has 2 fully saturated rings. The van der Waals surface area contributed by atoms with Crippen molar-refractivity contribution < 1.29 is 23.9 Å². The molecule has 2 aliphatic heterocycles. The Morgan fingerprint density at radius 3 is 2.42 bits per heavy atom. The second-order valence-electron chi connectivity index (χ2n) is 9.78. The summed E-state index contributed by atoms with van der Waals surface area (Å²) >= 11 is 0. The molecule has 38 heavy (non-hydrogen) atoms. The van der Waals surface area contributed by atoms with Gasteiger partial charge in [0.15, 0.2) is 0 Å². The molecule has 2 aromatic rings. The molecule has 2 saturated heterocycles. The van der Waals surface area contributed by atoms with Crippen molar-refractivity contribution in [3.63, 3.8) is 0 Å². The Morgan fingerprint density at radius 1 is 0.947 bits per heavy atom. The summed E-state index contributed by atoms with van der Waals surface area (Å²) in [4.78, 5) is 59.5. The third-order valence-electron chi connectivity index (χ3n) is 6.62. The minimum Gasteiger partial charge on any atom is -0.361 e. The van der Waals surface area contributed by atoms with Gasteiger partial charge in [0.1, 0.15) is 18.2 Å². The highest BCUT2D eigenvalue weighted by Crippen LogP contribution is 2.16. The summed E-state index contributed by atoms with van der Waals surface area (Å²) in [6, 6.07) is 11.5. The van der Waals surface area contributed by atoms with Crippen LogP contribution in [0.2, 0.25) is 0 Å². The van der Waals surface area contributed by atoms with Crippen LogP contribution in [0.25, 0.3) is 0 Å². The largest absolute Gasteiger partial charge is 0.361 e. The van der Waals surface area contributed by atoms with Gasteiger partial charge in [-0.3, -0.25) is 29.1 Å². The van der Waals surface area contributed by atoms with Crippen molar-refractivity contribution in [3.8, 4) is 0 Å². The molecule has 0 spiro atoms. The van der Waals surface area contributed by atoms with E-state index < -0.39 is 42.0 Å². The average molecular weight is 523 g/mol. The number of benzene rings is 1. The number of hydrogen-bond donors (Lipinski definition) is 3. The summed E-state index contributed by atoms with van der Waals surface area (Å²) in [6.45, 7) is 2.87. The Balaban J connectivity index is 1.59. The quantitative estimate of drug-likeness (QED) is 0.492. The van der Waals surface area contributed by atoms with Crippen molar-refractivity contribution in [2.24, 2.45) is 0 Å². The summed E-state index contributed by atoms with van der Waals surface area (Å²) in [6.07, 6.45) is 2.36. The van der Waals surface area contributed by atoms with Crippen LogP contribution in [0.1, 0.15) is 18.1 Å². The molecule has 1 aromatic heterocycles. The lowest BCUT2D eigenvalue weighted by Crippen LogP contribution is -2.58. The number of carbonyl (C=O) groups is 4. The average Bonchev–Trinajstić information content (AvgIpc) is 2.91. The van der Waals surface area contributed by atoms with Crippen molar-refractivity contribution in [1.29, 1.82) is 0 Å². The topological polar surface area (TPSA) is 133 Å². The summed E-state index contributed by atoms with van der Waals surface area (Å²) in [7, 11) is 1.50. The van der Waals surface area contributed by atoms with Crippen molar-refractivity contribution >= 4 is 23.6 Å². The molecule has 11 heteroatoms. The van der Waals surface area contributed by atoms with Crippen molar-refractivity contribution in [2.75, 3.05) is 33.2 Å². The predicted molar refractivity (Wildman–Crippen MR) is 139 cm³/mol. The summed E-state index contributed by atoms with van der Waals surface area (Å²) in [5, 5.41) is 8.32. The fraction of sp³-hybridized carbons (Fsp3) is 0.444. The van der Waals surface area contributed by atoms with Crippen LogP contribution in [0, 0.1) is 0 Å². The molecule has 11 nitrogen and oxygen atoms in total. The van der Waals surface area contributed by atoms with Gasteiger partial charge in [-0.2, -0.15) is 0 Å². The van der Waals surface area contributed by atoms with Gasteiger partial charge in [0.25, 0.3) is 5.91 Å². The van der Waals surface area contributed by atoms with E-state index in [1.165, 1.54) is 11.9 Å². The first-order valence-electron chi connectivity index (χ1n) is 12.7. The molecule has 4 rings (SSSR count). The zero-order valence-electron chi connectivity index (χ0n) is 21.6. The van der Waals surface area contributed by atoms with E-state index in [0.29, 0.717) is 19.6 Å². The molecule has 2 aliphatic rings. The molecule has 202 valence electrons. The highest BCUT2D eigenvalue weighted by molar-refractivity contribution is 5.93. The van der Waals surface area contributed by atoms with E-state index in [1.807, 2.05) is 42.5 Å².